The van der Waals surface area contributed by atoms with Gasteiger partial charge in [-0.3, -0.25) is 4.79 Å². The molecule has 1 saturated heterocycles. The Bertz CT molecular complexity index is 433. The van der Waals surface area contributed by atoms with E-state index >= 15 is 0 Å². The number of morpholine rings is 1. The van der Waals surface area contributed by atoms with Crippen LogP contribution in [0.25, 0.3) is 0 Å². The molecule has 0 bridgehead atoms. The van der Waals surface area contributed by atoms with Crippen LogP contribution in [0, 0.1) is 3.57 Å². The molecule has 1 aromatic rings. The van der Waals surface area contributed by atoms with Crippen molar-refractivity contribution in [1.29, 1.82) is 0 Å². The quantitative estimate of drug-likeness (QED) is 0.693. The van der Waals surface area contributed by atoms with Crippen molar-refractivity contribution in [1.82, 2.24) is 10.6 Å². The lowest BCUT2D eigenvalue weighted by molar-refractivity contribution is 0.0734. The number of amides is 1. The maximum Gasteiger partial charge on any atom is 0.251 e. The fraction of sp³-hybridized carbons (Fsp3) is 0.417. The molecular weight excluding hydrogens is 347 g/mol. The van der Waals surface area contributed by atoms with Gasteiger partial charge in [0.2, 0.25) is 0 Å². The molecule has 1 heterocycles. The first-order valence-electron chi connectivity index (χ1n) is 5.74. The molecule has 5 nitrogen and oxygen atoms in total. The summed E-state index contributed by atoms with van der Waals surface area (Å²) in [6.45, 7) is 2.66. The first-order valence-corrected chi connectivity index (χ1v) is 6.82. The van der Waals surface area contributed by atoms with Gasteiger partial charge in [-0.25, -0.2) is 0 Å². The number of hydrogen-bond donors (Lipinski definition) is 3. The number of rotatable bonds is 3. The minimum Gasteiger partial charge on any atom is -0.507 e. The summed E-state index contributed by atoms with van der Waals surface area (Å²) in [5.74, 6) is -0.0588. The van der Waals surface area contributed by atoms with Crippen molar-refractivity contribution in [3.8, 4) is 5.75 Å². The van der Waals surface area contributed by atoms with E-state index < -0.39 is 0 Å². The van der Waals surface area contributed by atoms with E-state index in [2.05, 4.69) is 10.6 Å². The van der Waals surface area contributed by atoms with Crippen molar-refractivity contribution < 1.29 is 14.6 Å². The van der Waals surface area contributed by atoms with Crippen LogP contribution in [0.4, 0.5) is 0 Å². The number of hydrogen-bond acceptors (Lipinski definition) is 4. The van der Waals surface area contributed by atoms with Crippen LogP contribution in [0.3, 0.4) is 0 Å². The molecule has 1 aliphatic rings. The van der Waals surface area contributed by atoms with Crippen molar-refractivity contribution in [2.45, 2.75) is 6.04 Å². The minimum atomic E-state index is -0.186. The molecule has 3 N–H and O–H groups in total. The first kappa shape index (κ1) is 13.6. The molecule has 1 aliphatic heterocycles. The molecule has 1 atom stereocenters. The molecule has 6 heteroatoms. The van der Waals surface area contributed by atoms with E-state index in [1.165, 1.54) is 6.07 Å². The van der Waals surface area contributed by atoms with Gasteiger partial charge < -0.3 is 20.5 Å². The number of carbonyl (C=O) groups excluding carboxylic acids is 1. The highest BCUT2D eigenvalue weighted by atomic mass is 127. The molecule has 1 fully saturated rings. The third-order valence-corrected chi connectivity index (χ3v) is 3.63. The monoisotopic (exact) mass is 362 g/mol. The topological polar surface area (TPSA) is 70.6 Å². The van der Waals surface area contributed by atoms with Crippen LogP contribution in [0.2, 0.25) is 0 Å². The zero-order valence-electron chi connectivity index (χ0n) is 9.78. The maximum atomic E-state index is 11.9. The van der Waals surface area contributed by atoms with Crippen LogP contribution >= 0.6 is 22.6 Å². The lowest BCUT2D eigenvalue weighted by atomic mass is 10.2. The van der Waals surface area contributed by atoms with E-state index in [1.807, 2.05) is 22.6 Å². The Morgan fingerprint density at radius 1 is 1.61 bits per heavy atom. The van der Waals surface area contributed by atoms with E-state index in [4.69, 9.17) is 4.74 Å². The van der Waals surface area contributed by atoms with Gasteiger partial charge in [0.1, 0.15) is 5.75 Å². The predicted molar refractivity (Wildman–Crippen MR) is 75.8 cm³/mol. The Kier molecular flexibility index (Phi) is 4.79. The third-order valence-electron chi connectivity index (χ3n) is 2.72. The van der Waals surface area contributed by atoms with Crippen molar-refractivity contribution in [2.24, 2.45) is 0 Å². The third kappa shape index (κ3) is 3.56. The highest BCUT2D eigenvalue weighted by Gasteiger charge is 2.14. The maximum absolute atomic E-state index is 11.9. The fourth-order valence-corrected chi connectivity index (χ4v) is 2.06. The van der Waals surface area contributed by atoms with E-state index in [-0.39, 0.29) is 17.7 Å². The highest BCUT2D eigenvalue weighted by Crippen LogP contribution is 2.20. The van der Waals surface area contributed by atoms with Gasteiger partial charge >= 0.3 is 0 Å². The molecule has 0 aliphatic carbocycles. The van der Waals surface area contributed by atoms with Crippen LogP contribution in [0.5, 0.6) is 5.75 Å². The highest BCUT2D eigenvalue weighted by molar-refractivity contribution is 14.1. The lowest BCUT2D eigenvalue weighted by Gasteiger charge is -2.23. The van der Waals surface area contributed by atoms with Gasteiger partial charge in [-0.1, -0.05) is 0 Å². The Balaban J connectivity index is 1.88. The number of halogens is 1. The summed E-state index contributed by atoms with van der Waals surface area (Å²) in [6.07, 6.45) is 0. The number of carbonyl (C=O) groups is 1. The summed E-state index contributed by atoms with van der Waals surface area (Å²) < 4.78 is 6.03. The summed E-state index contributed by atoms with van der Waals surface area (Å²) in [4.78, 5) is 11.9. The van der Waals surface area contributed by atoms with E-state index in [0.29, 0.717) is 18.7 Å². The minimum absolute atomic E-state index is 0.127. The zero-order valence-corrected chi connectivity index (χ0v) is 11.9. The van der Waals surface area contributed by atoms with Crippen LogP contribution < -0.4 is 10.6 Å². The van der Waals surface area contributed by atoms with Crippen molar-refractivity contribution in [3.63, 3.8) is 0 Å². The molecule has 1 amide bonds. The average molecular weight is 362 g/mol. The van der Waals surface area contributed by atoms with E-state index in [9.17, 15) is 9.90 Å². The summed E-state index contributed by atoms with van der Waals surface area (Å²) >= 11 is 2.01. The molecule has 0 radical (unpaired) electrons. The molecule has 0 aromatic heterocycles. The Hall–Kier alpha value is -0.860. The van der Waals surface area contributed by atoms with Gasteiger partial charge in [-0.05, 0) is 40.8 Å². The Labute approximate surface area is 119 Å². The van der Waals surface area contributed by atoms with Gasteiger partial charge in [0, 0.05) is 24.7 Å². The predicted octanol–water partition coefficient (Wildman–Crippen LogP) is 0.715. The van der Waals surface area contributed by atoms with Crippen LogP contribution in [0.15, 0.2) is 18.2 Å². The van der Waals surface area contributed by atoms with Gasteiger partial charge in [0.25, 0.3) is 5.91 Å². The molecule has 1 unspecified atom stereocenters. The number of benzene rings is 1. The van der Waals surface area contributed by atoms with Crippen molar-refractivity contribution >= 4 is 28.5 Å². The number of phenols is 1. The number of phenolic OH excluding ortho intramolecular Hbond substituents is 1. The number of ether oxygens (including phenoxy) is 1. The van der Waals surface area contributed by atoms with Gasteiger partial charge in [0.15, 0.2) is 0 Å². The lowest BCUT2D eigenvalue weighted by Crippen LogP contribution is -2.48. The van der Waals surface area contributed by atoms with Gasteiger partial charge in [-0.2, -0.15) is 0 Å². The standard InChI is InChI=1S/C12H15IN2O3/c13-10-2-1-8(5-11(10)16)12(17)15-6-9-7-18-4-3-14-9/h1-2,5,9,14,16H,3-4,6-7H2,(H,15,17). The Morgan fingerprint density at radius 3 is 3.11 bits per heavy atom. The smallest absolute Gasteiger partial charge is 0.251 e. The van der Waals surface area contributed by atoms with Crippen molar-refractivity contribution in [3.05, 3.63) is 27.3 Å². The first-order chi connectivity index (χ1) is 8.66. The summed E-state index contributed by atoms with van der Waals surface area (Å²) in [5, 5.41) is 15.6. The SMILES string of the molecule is O=C(NCC1COCCN1)c1ccc(I)c(O)c1. The van der Waals surface area contributed by atoms with Gasteiger partial charge in [-0.15, -0.1) is 0 Å². The second kappa shape index (κ2) is 6.35. The summed E-state index contributed by atoms with van der Waals surface area (Å²) in [5.41, 5.74) is 0.463. The summed E-state index contributed by atoms with van der Waals surface area (Å²) in [7, 11) is 0. The number of nitrogens with one attached hydrogen (secondary N) is 2. The normalized spacial score (nSPS) is 19.5. The molecule has 0 spiro atoms. The molecular formula is C12H15IN2O3. The average Bonchev–Trinajstić information content (AvgIpc) is 2.40. The van der Waals surface area contributed by atoms with E-state index in [0.717, 1.165) is 16.7 Å². The molecule has 1 aromatic carbocycles. The van der Waals surface area contributed by atoms with Crippen LogP contribution in [0.1, 0.15) is 10.4 Å². The molecule has 2 rings (SSSR count). The van der Waals surface area contributed by atoms with E-state index in [1.54, 1.807) is 12.1 Å². The molecule has 98 valence electrons. The second-order valence-electron chi connectivity index (χ2n) is 4.10. The zero-order chi connectivity index (χ0) is 13.0. The van der Waals surface area contributed by atoms with Gasteiger partial charge in [0.05, 0.1) is 16.8 Å². The van der Waals surface area contributed by atoms with Crippen molar-refractivity contribution in [2.75, 3.05) is 26.3 Å². The van der Waals surface area contributed by atoms with Crippen LogP contribution in [-0.4, -0.2) is 43.4 Å². The largest absolute Gasteiger partial charge is 0.507 e. The fourth-order valence-electron chi connectivity index (χ4n) is 1.72. The second-order valence-corrected chi connectivity index (χ2v) is 5.26. The van der Waals surface area contributed by atoms with Crippen LogP contribution in [-0.2, 0) is 4.74 Å². The Morgan fingerprint density at radius 2 is 2.44 bits per heavy atom. The summed E-state index contributed by atoms with van der Waals surface area (Å²) in [6, 6.07) is 5.04. The molecule has 18 heavy (non-hydrogen) atoms. The molecule has 0 saturated carbocycles. The number of aromatic hydroxyl groups is 1.